The number of nitrogens with zero attached hydrogens (tertiary/aromatic N) is 3. The Morgan fingerprint density at radius 2 is 1.16 bits per heavy atom. The van der Waals surface area contributed by atoms with Crippen LogP contribution in [0, 0.1) is 0 Å². The van der Waals surface area contributed by atoms with E-state index in [9.17, 15) is 0 Å². The van der Waals surface area contributed by atoms with Gasteiger partial charge in [0.05, 0.1) is 11.4 Å². The highest BCUT2D eigenvalue weighted by molar-refractivity contribution is 6.30. The Labute approximate surface area is 151 Å². The molecule has 0 aliphatic carbocycles. The number of halogens is 1. The maximum absolute atomic E-state index is 5.98. The lowest BCUT2D eigenvalue weighted by Crippen LogP contribution is -2.02. The maximum atomic E-state index is 5.98. The topological polar surface area (TPSA) is 38.7 Å². The molecule has 4 aromatic rings. The fourth-order valence-corrected chi connectivity index (χ4v) is 3.09. The highest BCUT2D eigenvalue weighted by Crippen LogP contribution is 2.23. The molecule has 4 rings (SSSR count). The lowest BCUT2D eigenvalue weighted by atomic mass is 10.0. The molecule has 0 radical (unpaired) electrons. The van der Waals surface area contributed by atoms with Crippen molar-refractivity contribution < 1.29 is 0 Å². The molecule has 2 aromatic heterocycles. The van der Waals surface area contributed by atoms with Gasteiger partial charge in [-0.3, -0.25) is 4.98 Å². The Morgan fingerprint density at radius 3 is 1.72 bits per heavy atom. The fourth-order valence-electron chi connectivity index (χ4n) is 2.97. The van der Waals surface area contributed by atoms with Crippen molar-refractivity contribution in [3.63, 3.8) is 0 Å². The second-order valence-electron chi connectivity index (χ2n) is 5.97. The summed E-state index contributed by atoms with van der Waals surface area (Å²) in [5.41, 5.74) is 4.32. The van der Waals surface area contributed by atoms with Crippen LogP contribution in [0.4, 0.5) is 0 Å². The molecule has 122 valence electrons. The summed E-state index contributed by atoms with van der Waals surface area (Å²) in [5, 5.41) is 12.1. The van der Waals surface area contributed by atoms with Crippen LogP contribution >= 0.6 is 11.6 Å². The third-order valence-electron chi connectivity index (χ3n) is 4.25. The van der Waals surface area contributed by atoms with Crippen LogP contribution in [0.2, 0.25) is 5.02 Å². The molecule has 0 amide bonds. The molecule has 0 aliphatic rings. The molecular weight excluding hydrogens is 330 g/mol. The van der Waals surface area contributed by atoms with Crippen LogP contribution in [0.5, 0.6) is 0 Å². The van der Waals surface area contributed by atoms with Gasteiger partial charge in [-0.25, -0.2) is 0 Å². The van der Waals surface area contributed by atoms with Gasteiger partial charge in [0.1, 0.15) is 0 Å². The number of rotatable bonds is 4. The number of hydrogen-bond acceptors (Lipinski definition) is 3. The zero-order valence-corrected chi connectivity index (χ0v) is 14.3. The van der Waals surface area contributed by atoms with Gasteiger partial charge in [0.15, 0.2) is 0 Å². The molecule has 0 saturated carbocycles. The first-order valence-corrected chi connectivity index (χ1v) is 8.54. The summed E-state index contributed by atoms with van der Waals surface area (Å²) in [7, 11) is 0. The SMILES string of the molecule is Clc1ccc(Cc2nnc(Cc3ccncc3)c3ccccc23)cc1. The van der Waals surface area contributed by atoms with Gasteiger partial charge in [0, 0.05) is 41.0 Å². The number of fused-ring (bicyclic) bond motifs is 1. The van der Waals surface area contributed by atoms with Crippen molar-refractivity contribution in [1.82, 2.24) is 15.2 Å². The molecule has 0 atom stereocenters. The standard InChI is InChI=1S/C21H16ClN3/c22-17-7-5-15(6-8-17)13-20-18-3-1-2-4-19(18)21(25-24-20)14-16-9-11-23-12-10-16/h1-12H,13-14H2. The molecule has 4 heteroatoms. The predicted molar refractivity (Wildman–Crippen MR) is 101 cm³/mol. The zero-order chi connectivity index (χ0) is 17.1. The van der Waals surface area contributed by atoms with Crippen molar-refractivity contribution >= 4 is 22.4 Å². The van der Waals surface area contributed by atoms with Gasteiger partial charge in [-0.1, -0.05) is 48.0 Å². The third kappa shape index (κ3) is 3.52. The van der Waals surface area contributed by atoms with Crippen molar-refractivity contribution in [2.75, 3.05) is 0 Å². The van der Waals surface area contributed by atoms with Crippen molar-refractivity contribution in [2.24, 2.45) is 0 Å². The highest BCUT2D eigenvalue weighted by Gasteiger charge is 2.10. The summed E-state index contributed by atoms with van der Waals surface area (Å²) in [5.74, 6) is 0. The van der Waals surface area contributed by atoms with Crippen LogP contribution in [-0.4, -0.2) is 15.2 Å². The van der Waals surface area contributed by atoms with E-state index in [2.05, 4.69) is 27.3 Å². The monoisotopic (exact) mass is 345 g/mol. The quantitative estimate of drug-likeness (QED) is 0.530. The predicted octanol–water partition coefficient (Wildman–Crippen LogP) is 4.86. The van der Waals surface area contributed by atoms with Gasteiger partial charge in [-0.15, -0.1) is 0 Å². The normalized spacial score (nSPS) is 10.9. The van der Waals surface area contributed by atoms with Crippen LogP contribution in [0.3, 0.4) is 0 Å². The lowest BCUT2D eigenvalue weighted by Gasteiger charge is -2.09. The molecule has 0 unspecified atom stereocenters. The lowest BCUT2D eigenvalue weighted by molar-refractivity contribution is 0.904. The van der Waals surface area contributed by atoms with Crippen molar-refractivity contribution in [2.45, 2.75) is 12.8 Å². The largest absolute Gasteiger partial charge is 0.265 e. The molecule has 3 nitrogen and oxygen atoms in total. The minimum absolute atomic E-state index is 0.736. The summed E-state index contributed by atoms with van der Waals surface area (Å²) in [6.45, 7) is 0. The van der Waals surface area contributed by atoms with E-state index < -0.39 is 0 Å². The number of hydrogen-bond donors (Lipinski definition) is 0. The Balaban J connectivity index is 1.72. The summed E-state index contributed by atoms with van der Waals surface area (Å²) in [6.07, 6.45) is 5.09. The second kappa shape index (κ2) is 6.99. The number of benzene rings is 2. The number of pyridine rings is 1. The van der Waals surface area contributed by atoms with E-state index in [1.807, 2.05) is 48.5 Å². The van der Waals surface area contributed by atoms with E-state index in [-0.39, 0.29) is 0 Å². The zero-order valence-electron chi connectivity index (χ0n) is 13.6. The Bertz CT molecular complexity index is 998. The third-order valence-corrected chi connectivity index (χ3v) is 4.50. The van der Waals surface area contributed by atoms with Gasteiger partial charge in [0.2, 0.25) is 0 Å². The van der Waals surface area contributed by atoms with Crippen molar-refractivity contribution in [3.05, 3.63) is 101 Å². The minimum Gasteiger partial charge on any atom is -0.265 e. The molecule has 2 heterocycles. The molecular formula is C21H16ClN3. The van der Waals surface area contributed by atoms with Crippen molar-refractivity contribution in [1.29, 1.82) is 0 Å². The summed E-state index contributed by atoms with van der Waals surface area (Å²) in [4.78, 5) is 4.07. The Morgan fingerprint density at radius 1 is 0.640 bits per heavy atom. The smallest absolute Gasteiger partial charge is 0.0753 e. The van der Waals surface area contributed by atoms with Crippen LogP contribution in [0.25, 0.3) is 10.8 Å². The molecule has 0 N–H and O–H groups in total. The molecule has 25 heavy (non-hydrogen) atoms. The summed E-state index contributed by atoms with van der Waals surface area (Å²) in [6, 6.07) is 20.2. The minimum atomic E-state index is 0.736. The fraction of sp³-hybridized carbons (Fsp3) is 0.0952. The van der Waals surface area contributed by atoms with Gasteiger partial charge < -0.3 is 0 Å². The van der Waals surface area contributed by atoms with Crippen molar-refractivity contribution in [3.8, 4) is 0 Å². The van der Waals surface area contributed by atoms with E-state index in [1.54, 1.807) is 12.4 Å². The summed E-state index contributed by atoms with van der Waals surface area (Å²) < 4.78 is 0. The second-order valence-corrected chi connectivity index (χ2v) is 6.41. The van der Waals surface area contributed by atoms with Gasteiger partial charge in [0.25, 0.3) is 0 Å². The summed E-state index contributed by atoms with van der Waals surface area (Å²) >= 11 is 5.98. The Hall–Kier alpha value is -2.78. The van der Waals surface area contributed by atoms with Crippen LogP contribution in [0.1, 0.15) is 22.5 Å². The average molecular weight is 346 g/mol. The highest BCUT2D eigenvalue weighted by atomic mass is 35.5. The van der Waals surface area contributed by atoms with Crippen LogP contribution < -0.4 is 0 Å². The van der Waals surface area contributed by atoms with Crippen LogP contribution in [-0.2, 0) is 12.8 Å². The van der Waals surface area contributed by atoms with Crippen LogP contribution in [0.15, 0.2) is 73.1 Å². The molecule has 0 saturated heterocycles. The first kappa shape index (κ1) is 15.7. The Kier molecular flexibility index (Phi) is 4.40. The number of aromatic nitrogens is 3. The first-order chi connectivity index (χ1) is 12.3. The molecule has 0 bridgehead atoms. The first-order valence-electron chi connectivity index (χ1n) is 8.16. The van der Waals surface area contributed by atoms with E-state index in [0.717, 1.165) is 40.0 Å². The van der Waals surface area contributed by atoms with E-state index in [1.165, 1.54) is 11.1 Å². The van der Waals surface area contributed by atoms with E-state index in [0.29, 0.717) is 0 Å². The van der Waals surface area contributed by atoms with Gasteiger partial charge >= 0.3 is 0 Å². The molecule has 2 aromatic carbocycles. The van der Waals surface area contributed by atoms with E-state index >= 15 is 0 Å². The molecule has 0 aliphatic heterocycles. The van der Waals surface area contributed by atoms with Gasteiger partial charge in [-0.2, -0.15) is 10.2 Å². The average Bonchev–Trinajstić information content (AvgIpc) is 2.66. The van der Waals surface area contributed by atoms with Gasteiger partial charge in [-0.05, 0) is 35.4 Å². The molecule has 0 spiro atoms. The van der Waals surface area contributed by atoms with E-state index in [4.69, 9.17) is 11.6 Å². The molecule has 0 fully saturated rings. The maximum Gasteiger partial charge on any atom is 0.0753 e.